The number of nitrogens with two attached hydrogens (primary N) is 1. The third-order valence-electron chi connectivity index (χ3n) is 2.04. The third-order valence-corrected chi connectivity index (χ3v) is 3.19. The fourth-order valence-electron chi connectivity index (χ4n) is 1.21. The van der Waals surface area contributed by atoms with Gasteiger partial charge in [-0.2, -0.15) is 0 Å². The lowest BCUT2D eigenvalue weighted by molar-refractivity contribution is -0.113. The molecule has 3 heteroatoms. The first-order valence-electron chi connectivity index (χ1n) is 4.46. The molecule has 0 aliphatic carbocycles. The molecule has 0 aromatic rings. The van der Waals surface area contributed by atoms with Crippen LogP contribution in [0.1, 0.15) is 20.8 Å². The molecule has 0 spiro atoms. The second-order valence-corrected chi connectivity index (χ2v) is 4.03. The molecule has 0 radical (unpaired) electrons. The molecule has 0 heterocycles. The van der Waals surface area contributed by atoms with Gasteiger partial charge in [-0.05, 0) is 38.3 Å². The zero-order valence-corrected chi connectivity index (χ0v) is 10.3. The summed E-state index contributed by atoms with van der Waals surface area (Å²) in [7, 11) is 0.552. The molecule has 0 bridgehead atoms. The summed E-state index contributed by atoms with van der Waals surface area (Å²) in [6.45, 7) is 11.1. The number of allylic oxidation sites excluding steroid dienone is 4. The zero-order valence-electron chi connectivity index (χ0n) is 9.27. The van der Waals surface area contributed by atoms with Gasteiger partial charge in [-0.15, -0.1) is 0 Å². The number of ketones is 1. The van der Waals surface area contributed by atoms with E-state index >= 15 is 0 Å². The maximum absolute atomic E-state index is 11.3. The highest BCUT2D eigenvalue weighted by Crippen LogP contribution is 2.32. The lowest BCUT2D eigenvalue weighted by Gasteiger charge is -2.11. The summed E-state index contributed by atoms with van der Waals surface area (Å²) in [5.41, 5.74) is 7.84. The Morgan fingerprint density at radius 2 is 1.93 bits per heavy atom. The van der Waals surface area contributed by atoms with Crippen molar-refractivity contribution in [2.45, 2.75) is 20.8 Å². The largest absolute Gasteiger partial charge is 0.399 e. The van der Waals surface area contributed by atoms with E-state index in [4.69, 9.17) is 5.73 Å². The van der Waals surface area contributed by atoms with Crippen LogP contribution in [0.4, 0.5) is 0 Å². The minimum atomic E-state index is 0.0810. The van der Waals surface area contributed by atoms with E-state index < -0.39 is 0 Å². The highest BCUT2D eigenvalue weighted by atomic mass is 31.1. The molecular formula is C11H18NOP. The lowest BCUT2D eigenvalue weighted by atomic mass is 10.1. The number of hydrogen-bond acceptors (Lipinski definition) is 2. The number of carbonyl (C=O) groups excluding carboxylic acids is 1. The van der Waals surface area contributed by atoms with E-state index in [9.17, 15) is 4.79 Å². The van der Waals surface area contributed by atoms with Gasteiger partial charge in [0.25, 0.3) is 0 Å². The van der Waals surface area contributed by atoms with Crippen LogP contribution < -0.4 is 5.73 Å². The molecule has 0 rings (SSSR count). The van der Waals surface area contributed by atoms with Gasteiger partial charge in [0.05, 0.1) is 0 Å². The second-order valence-electron chi connectivity index (χ2n) is 3.03. The summed E-state index contributed by atoms with van der Waals surface area (Å²) in [6.07, 6.45) is 1.83. The Morgan fingerprint density at radius 1 is 1.43 bits per heavy atom. The summed E-state index contributed by atoms with van der Waals surface area (Å²) < 4.78 is 0. The quantitative estimate of drug-likeness (QED) is 0.441. The summed E-state index contributed by atoms with van der Waals surface area (Å²) in [4.78, 5) is 11.3. The van der Waals surface area contributed by atoms with Gasteiger partial charge in [0.1, 0.15) is 0 Å². The molecule has 0 aliphatic rings. The van der Waals surface area contributed by atoms with Crippen molar-refractivity contribution in [2.75, 3.05) is 6.66 Å². The smallest absolute Gasteiger partial charge is 0.160 e. The average molecular weight is 211 g/mol. The van der Waals surface area contributed by atoms with Crippen LogP contribution in [0, 0.1) is 0 Å². The van der Waals surface area contributed by atoms with Crippen LogP contribution in [0.25, 0.3) is 0 Å². The Bertz CT molecular complexity index is 296. The van der Waals surface area contributed by atoms with Crippen molar-refractivity contribution in [3.63, 3.8) is 0 Å². The highest BCUT2D eigenvalue weighted by Gasteiger charge is 2.11. The highest BCUT2D eigenvalue weighted by molar-refractivity contribution is 7.42. The normalized spacial score (nSPS) is 14.4. The monoisotopic (exact) mass is 211 g/mol. The van der Waals surface area contributed by atoms with Gasteiger partial charge in [0, 0.05) is 11.3 Å². The van der Waals surface area contributed by atoms with Gasteiger partial charge in [0.2, 0.25) is 0 Å². The van der Waals surface area contributed by atoms with Crippen molar-refractivity contribution in [3.05, 3.63) is 34.8 Å². The molecule has 0 amide bonds. The van der Waals surface area contributed by atoms with E-state index in [1.54, 1.807) is 6.92 Å². The van der Waals surface area contributed by atoms with Crippen molar-refractivity contribution in [2.24, 2.45) is 5.73 Å². The standard InChI is InChI=1S/C11H18NOP/c1-6-10(9(4)13)11(14-5)7(2)8(3)12/h6,14H,3,12H2,1-2,4-5H3/b10-6-,11-7-. The van der Waals surface area contributed by atoms with Crippen molar-refractivity contribution in [1.82, 2.24) is 0 Å². The van der Waals surface area contributed by atoms with Crippen molar-refractivity contribution in [1.29, 1.82) is 0 Å². The van der Waals surface area contributed by atoms with Gasteiger partial charge in [-0.3, -0.25) is 4.79 Å². The van der Waals surface area contributed by atoms with Crippen LogP contribution in [0.2, 0.25) is 0 Å². The van der Waals surface area contributed by atoms with Gasteiger partial charge in [-0.25, -0.2) is 0 Å². The number of hydrogen-bond donors (Lipinski definition) is 1. The van der Waals surface area contributed by atoms with E-state index in [2.05, 4.69) is 6.58 Å². The molecule has 0 aliphatic heterocycles. The van der Waals surface area contributed by atoms with E-state index in [1.165, 1.54) is 0 Å². The number of carbonyl (C=O) groups is 1. The third kappa shape index (κ3) is 3.12. The zero-order chi connectivity index (χ0) is 11.3. The predicted octanol–water partition coefficient (Wildman–Crippen LogP) is 2.58. The Balaban J connectivity index is 5.38. The van der Waals surface area contributed by atoms with Crippen molar-refractivity contribution >= 4 is 14.4 Å². The molecule has 78 valence electrons. The Kier molecular flexibility index (Phi) is 5.40. The van der Waals surface area contributed by atoms with Crippen LogP contribution in [0.3, 0.4) is 0 Å². The van der Waals surface area contributed by atoms with Crippen LogP contribution in [-0.2, 0) is 4.79 Å². The van der Waals surface area contributed by atoms with Gasteiger partial charge in [-0.1, -0.05) is 21.2 Å². The minimum Gasteiger partial charge on any atom is -0.399 e. The molecule has 0 aromatic carbocycles. The van der Waals surface area contributed by atoms with Gasteiger partial charge < -0.3 is 5.73 Å². The molecule has 0 saturated carbocycles. The van der Waals surface area contributed by atoms with Crippen LogP contribution in [0.15, 0.2) is 34.8 Å². The van der Waals surface area contributed by atoms with Crippen LogP contribution >= 0.6 is 8.58 Å². The summed E-state index contributed by atoms with van der Waals surface area (Å²) >= 11 is 0. The molecule has 14 heavy (non-hydrogen) atoms. The predicted molar refractivity (Wildman–Crippen MR) is 64.7 cm³/mol. The van der Waals surface area contributed by atoms with E-state index in [0.29, 0.717) is 14.3 Å². The maximum Gasteiger partial charge on any atom is 0.160 e. The first-order valence-corrected chi connectivity index (χ1v) is 5.96. The first-order chi connectivity index (χ1) is 6.45. The molecule has 1 atom stereocenters. The summed E-state index contributed by atoms with van der Waals surface area (Å²) in [5, 5.41) is 1.02. The molecule has 0 aromatic heterocycles. The first kappa shape index (κ1) is 13.1. The van der Waals surface area contributed by atoms with Crippen molar-refractivity contribution < 1.29 is 4.79 Å². The maximum atomic E-state index is 11.3. The Hall–Kier alpha value is -0.880. The minimum absolute atomic E-state index is 0.0810. The molecule has 2 nitrogen and oxygen atoms in total. The Morgan fingerprint density at radius 3 is 2.14 bits per heavy atom. The fourth-order valence-corrected chi connectivity index (χ4v) is 2.33. The van der Waals surface area contributed by atoms with E-state index in [-0.39, 0.29) is 5.78 Å². The molecular weight excluding hydrogens is 193 g/mol. The molecule has 0 fully saturated rings. The average Bonchev–Trinajstić information content (AvgIpc) is 2.11. The number of rotatable bonds is 4. The Labute approximate surface area is 87.7 Å². The lowest BCUT2D eigenvalue weighted by Crippen LogP contribution is -2.04. The second kappa shape index (κ2) is 5.77. The van der Waals surface area contributed by atoms with Crippen LogP contribution in [0.5, 0.6) is 0 Å². The topological polar surface area (TPSA) is 43.1 Å². The van der Waals surface area contributed by atoms with E-state index in [0.717, 1.165) is 16.5 Å². The van der Waals surface area contributed by atoms with Gasteiger partial charge in [0.15, 0.2) is 5.78 Å². The molecule has 2 N–H and O–H groups in total. The van der Waals surface area contributed by atoms with Crippen molar-refractivity contribution in [3.8, 4) is 0 Å². The fraction of sp³-hybridized carbons (Fsp3) is 0.364. The van der Waals surface area contributed by atoms with Gasteiger partial charge >= 0.3 is 0 Å². The summed E-state index contributed by atoms with van der Waals surface area (Å²) in [6, 6.07) is 0. The van der Waals surface area contributed by atoms with E-state index in [1.807, 2.05) is 26.6 Å². The number of Topliss-reactive ketones (excluding diaryl/α,β-unsaturated/α-hetero) is 1. The molecule has 0 saturated heterocycles. The summed E-state index contributed by atoms with van der Waals surface area (Å²) in [5.74, 6) is 0.0810. The van der Waals surface area contributed by atoms with Crippen LogP contribution in [-0.4, -0.2) is 12.4 Å². The molecule has 1 unspecified atom stereocenters. The SMILES string of the molecule is C=C(N)/C(C)=C(PC)/C(=C\C)C(C)=O.